The van der Waals surface area contributed by atoms with Gasteiger partial charge in [-0.15, -0.1) is 0 Å². The molecule has 16 atom stereocenters. The zero-order valence-electron chi connectivity index (χ0n) is 46.4. The Morgan fingerprint density at radius 3 is 2.26 bits per heavy atom. The molecule has 4 heterocycles. The minimum absolute atomic E-state index is 0.00599. The number of hydrogen-bond acceptors (Lipinski definition) is 16. The Bertz CT molecular complexity index is 2200. The van der Waals surface area contributed by atoms with Crippen LogP contribution in [0, 0.1) is 35.5 Å². The van der Waals surface area contributed by atoms with Crippen LogP contribution in [0.3, 0.4) is 0 Å². The maximum absolute atomic E-state index is 14.6. The summed E-state index contributed by atoms with van der Waals surface area (Å²) in [6, 6.07) is -1.20. The molecular formula is C58H86N2O16. The molecule has 4 aliphatic heterocycles. The first-order valence-electron chi connectivity index (χ1n) is 27.4. The average Bonchev–Trinajstić information content (AvgIpc) is 3.72. The number of piperidine rings is 1. The number of aliphatic hydroxyl groups is 3. The first-order chi connectivity index (χ1) is 36.0. The Morgan fingerprint density at radius 1 is 0.855 bits per heavy atom. The molecule has 3 fully saturated rings. The molecule has 3 N–H and O–H groups in total. The Balaban J connectivity index is 1.41. The van der Waals surface area contributed by atoms with E-state index in [9.17, 15) is 48.9 Å². The van der Waals surface area contributed by atoms with Gasteiger partial charge < -0.3 is 53.5 Å². The highest BCUT2D eigenvalue weighted by Gasteiger charge is 2.53. The van der Waals surface area contributed by atoms with Gasteiger partial charge in [-0.3, -0.25) is 28.8 Å². The van der Waals surface area contributed by atoms with Crippen molar-refractivity contribution in [1.82, 2.24) is 9.80 Å². The molecule has 18 heteroatoms. The number of nitrogens with zero attached hydrogens (tertiary/aromatic N) is 2. The van der Waals surface area contributed by atoms with Gasteiger partial charge in [0.25, 0.3) is 11.7 Å². The number of Topliss-reactive ketones (excluding diaryl/α,β-unsaturated/α-hetero) is 3. The van der Waals surface area contributed by atoms with Crippen molar-refractivity contribution in [2.24, 2.45) is 35.5 Å². The van der Waals surface area contributed by atoms with Gasteiger partial charge in [0.05, 0.1) is 30.8 Å². The summed E-state index contributed by atoms with van der Waals surface area (Å²) in [7, 11) is 4.46. The fraction of sp³-hybridized carbons (Fsp3) is 0.707. The summed E-state index contributed by atoms with van der Waals surface area (Å²) in [5, 5.41) is 33.6. The van der Waals surface area contributed by atoms with Crippen LogP contribution in [-0.2, 0) is 62.0 Å². The number of rotatable bonds is 10. The van der Waals surface area contributed by atoms with Crippen molar-refractivity contribution < 1.29 is 77.3 Å². The van der Waals surface area contributed by atoms with E-state index in [-0.39, 0.29) is 67.7 Å². The summed E-state index contributed by atoms with van der Waals surface area (Å²) < 4.78 is 35.6. The number of allylic oxidation sites excluding steroid dienone is 6. The largest absolute Gasteiger partial charge is 0.460 e. The topological polar surface area (TPSA) is 242 Å². The van der Waals surface area contributed by atoms with Crippen molar-refractivity contribution >= 4 is 41.1 Å². The van der Waals surface area contributed by atoms with Crippen molar-refractivity contribution in [3.05, 3.63) is 59.8 Å². The van der Waals surface area contributed by atoms with E-state index in [4.69, 9.17) is 28.4 Å². The molecule has 0 radical (unpaired) electrons. The minimum Gasteiger partial charge on any atom is -0.460 e. The Labute approximate surface area is 449 Å². The van der Waals surface area contributed by atoms with E-state index < -0.39 is 114 Å². The molecule has 2 bridgehead atoms. The molecule has 5 aliphatic rings. The second-order valence-corrected chi connectivity index (χ2v) is 22.1. The monoisotopic (exact) mass is 1070 g/mol. The summed E-state index contributed by atoms with van der Waals surface area (Å²) in [5.74, 6) is -9.50. The number of methoxy groups -OCH3 is 3. The highest BCUT2D eigenvalue weighted by molar-refractivity contribution is 6.39. The lowest BCUT2D eigenvalue weighted by Crippen LogP contribution is -2.61. The van der Waals surface area contributed by atoms with Gasteiger partial charge in [0.1, 0.15) is 30.6 Å². The number of esters is 2. The molecule has 5 rings (SSSR count). The SMILES string of the molecule is COC1CC2CCC(C)C(O)(O2)C(=O)C(=O)N2CCCCC2C(=O)OC(C(C)CC2CCC(OC(=O)CCN3C(=O)C=CC3O)C(OC)C2)CC(=O)/C(C)=C\C(C)C(O)C(OC)C(=O)C(C)CC(C)C=CC=CC=C1C. The second-order valence-electron chi connectivity index (χ2n) is 22.1. The van der Waals surface area contributed by atoms with Crippen molar-refractivity contribution in [2.75, 3.05) is 34.4 Å². The Kier molecular flexibility index (Phi) is 23.5. The molecular weight excluding hydrogens is 981 g/mol. The molecule has 0 aromatic carbocycles. The molecule has 2 amide bonds. The molecule has 0 aromatic rings. The van der Waals surface area contributed by atoms with Crippen LogP contribution >= 0.6 is 0 Å². The number of ether oxygens (including phenoxy) is 6. The summed E-state index contributed by atoms with van der Waals surface area (Å²) >= 11 is 0. The van der Waals surface area contributed by atoms with E-state index in [1.165, 1.54) is 31.3 Å². The predicted octanol–water partition coefficient (Wildman–Crippen LogP) is 5.84. The number of cyclic esters (lactones) is 1. The first kappa shape index (κ1) is 62.2. The maximum Gasteiger partial charge on any atom is 0.329 e. The number of amides is 2. The highest BCUT2D eigenvalue weighted by Crippen LogP contribution is 2.38. The van der Waals surface area contributed by atoms with E-state index in [1.807, 2.05) is 51.2 Å². The predicted molar refractivity (Wildman–Crippen MR) is 280 cm³/mol. The smallest absolute Gasteiger partial charge is 0.329 e. The molecule has 1 saturated carbocycles. The Morgan fingerprint density at radius 2 is 1.59 bits per heavy atom. The van der Waals surface area contributed by atoms with E-state index >= 15 is 0 Å². The van der Waals surface area contributed by atoms with Crippen LogP contribution in [0.5, 0.6) is 0 Å². The van der Waals surface area contributed by atoms with Gasteiger partial charge in [-0.05, 0) is 113 Å². The maximum atomic E-state index is 14.6. The van der Waals surface area contributed by atoms with Gasteiger partial charge in [0.2, 0.25) is 11.7 Å². The lowest BCUT2D eigenvalue weighted by Gasteiger charge is -2.42. The third kappa shape index (κ3) is 16.2. The third-order valence-corrected chi connectivity index (χ3v) is 16.3. The molecule has 1 aliphatic carbocycles. The van der Waals surface area contributed by atoms with E-state index in [0.29, 0.717) is 57.8 Å². The quantitative estimate of drug-likeness (QED) is 0.172. The zero-order chi connectivity index (χ0) is 56.0. The summed E-state index contributed by atoms with van der Waals surface area (Å²) in [5.41, 5.74) is 1.13. The summed E-state index contributed by atoms with van der Waals surface area (Å²) in [4.78, 5) is 98.7. The molecule has 0 aromatic heterocycles. The number of ketones is 3. The summed E-state index contributed by atoms with van der Waals surface area (Å²) in [6.45, 7) is 12.5. The van der Waals surface area contributed by atoms with Crippen LogP contribution in [0.15, 0.2) is 59.8 Å². The van der Waals surface area contributed by atoms with Gasteiger partial charge >= 0.3 is 11.9 Å². The van der Waals surface area contributed by atoms with Crippen LogP contribution in [0.2, 0.25) is 0 Å². The van der Waals surface area contributed by atoms with Gasteiger partial charge in [0, 0.05) is 71.1 Å². The van der Waals surface area contributed by atoms with Gasteiger partial charge in [-0.2, -0.15) is 0 Å². The fourth-order valence-electron chi connectivity index (χ4n) is 11.4. The highest BCUT2D eigenvalue weighted by atomic mass is 16.6. The lowest BCUT2D eigenvalue weighted by molar-refractivity contribution is -0.265. The van der Waals surface area contributed by atoms with Gasteiger partial charge in [-0.25, -0.2) is 4.79 Å². The zero-order valence-corrected chi connectivity index (χ0v) is 46.4. The van der Waals surface area contributed by atoms with Crippen molar-refractivity contribution in [1.29, 1.82) is 0 Å². The minimum atomic E-state index is -2.47. The average molecular weight is 1070 g/mol. The fourth-order valence-corrected chi connectivity index (χ4v) is 11.4. The number of carbonyl (C=O) groups is 7. The molecule has 424 valence electrons. The molecule has 18 nitrogen and oxygen atoms in total. The third-order valence-electron chi connectivity index (χ3n) is 16.3. The van der Waals surface area contributed by atoms with E-state index in [0.717, 1.165) is 10.5 Å². The standard InChI is InChI=1S/C58H86N2O16/c1-34-16-12-11-13-17-35(2)46(71-8)32-42-21-19-40(7)58(70,76-42)55(67)56(68)59-26-15-14-18-43(59)57(69)75-47(33-44(61)36(3)29-39(6)53(66)54(73-10)52(65)38(5)28-34)37(4)30-41-20-22-45(48(31-41)72-9)74-51(64)25-27-60-49(62)23-24-50(60)63/h11-13,16-17,23-24,29,34,37-43,45-49,53-54,62,66,70H,14-15,18-22,25-28,30-33H2,1-10H3/b13-11?,16-12?,35-17?,36-29-. The number of carbonyl (C=O) groups excluding carboxylic acids is 7. The lowest BCUT2D eigenvalue weighted by atomic mass is 9.78. The van der Waals surface area contributed by atoms with Gasteiger partial charge in [-0.1, -0.05) is 71.1 Å². The first-order valence-corrected chi connectivity index (χ1v) is 27.4. The van der Waals surface area contributed by atoms with Crippen LogP contribution in [0.25, 0.3) is 0 Å². The van der Waals surface area contributed by atoms with Crippen LogP contribution in [0.4, 0.5) is 0 Å². The van der Waals surface area contributed by atoms with Gasteiger partial charge in [0.15, 0.2) is 11.6 Å². The van der Waals surface area contributed by atoms with E-state index in [1.54, 1.807) is 40.9 Å². The van der Waals surface area contributed by atoms with Crippen molar-refractivity contribution in [2.45, 2.75) is 193 Å². The summed E-state index contributed by atoms with van der Waals surface area (Å²) in [6.07, 6.45) is 11.4. The molecule has 2 saturated heterocycles. The normalized spacial score (nSPS) is 36.5. The van der Waals surface area contributed by atoms with Crippen molar-refractivity contribution in [3.8, 4) is 0 Å². The number of fused-ring (bicyclic) bond motifs is 3. The van der Waals surface area contributed by atoms with Crippen LogP contribution in [0.1, 0.15) is 132 Å². The second kappa shape index (κ2) is 28.8. The van der Waals surface area contributed by atoms with E-state index in [2.05, 4.69) is 0 Å². The van der Waals surface area contributed by atoms with Crippen LogP contribution < -0.4 is 0 Å². The molecule has 76 heavy (non-hydrogen) atoms. The number of hydrogen-bond donors (Lipinski definition) is 3. The van der Waals surface area contributed by atoms with Crippen LogP contribution in [-0.4, -0.2) is 161 Å². The Hall–Kier alpha value is -4.69. The van der Waals surface area contributed by atoms with Crippen molar-refractivity contribution in [3.63, 3.8) is 0 Å². The number of aliphatic hydroxyl groups excluding tert-OH is 2. The molecule has 16 unspecified atom stereocenters. The molecule has 0 spiro atoms.